The summed E-state index contributed by atoms with van der Waals surface area (Å²) in [7, 11) is 1.93. The highest BCUT2D eigenvalue weighted by molar-refractivity contribution is 7.16. The van der Waals surface area contributed by atoms with Crippen molar-refractivity contribution >= 4 is 39.1 Å². The average Bonchev–Trinajstić information content (AvgIpc) is 2.77. The first-order valence-corrected chi connectivity index (χ1v) is 8.52. The summed E-state index contributed by atoms with van der Waals surface area (Å²) in [5, 5.41) is 0.703. The van der Waals surface area contributed by atoms with Crippen LogP contribution in [0.5, 0.6) is 0 Å². The number of carbonyl (C=O) groups excluding carboxylic acids is 1. The van der Waals surface area contributed by atoms with E-state index in [4.69, 9.17) is 11.6 Å². The summed E-state index contributed by atoms with van der Waals surface area (Å²) in [6, 6.07) is 11.8. The van der Waals surface area contributed by atoms with Crippen LogP contribution < -0.4 is 4.80 Å². The summed E-state index contributed by atoms with van der Waals surface area (Å²) in [5.41, 5.74) is 4.31. The lowest BCUT2D eigenvalue weighted by atomic mass is 10.1. The molecule has 3 aromatic rings. The normalized spacial score (nSPS) is 12.1. The van der Waals surface area contributed by atoms with Gasteiger partial charge in [-0.3, -0.25) is 4.79 Å². The van der Waals surface area contributed by atoms with Gasteiger partial charge in [0, 0.05) is 12.1 Å². The summed E-state index contributed by atoms with van der Waals surface area (Å²) < 4.78 is 3.00. The minimum atomic E-state index is -0.139. The van der Waals surface area contributed by atoms with Crippen molar-refractivity contribution in [3.63, 3.8) is 0 Å². The molecule has 2 aromatic carbocycles. The molecule has 1 amide bonds. The molecule has 0 radical (unpaired) electrons. The fraction of sp³-hybridized carbons (Fsp3) is 0.222. The van der Waals surface area contributed by atoms with E-state index < -0.39 is 0 Å². The molecule has 0 aliphatic heterocycles. The van der Waals surface area contributed by atoms with Crippen molar-refractivity contribution in [2.45, 2.75) is 20.3 Å². The first-order chi connectivity index (χ1) is 10.9. The van der Waals surface area contributed by atoms with E-state index in [2.05, 4.69) is 4.99 Å². The van der Waals surface area contributed by atoms with Gasteiger partial charge in [-0.25, -0.2) is 0 Å². The number of aromatic nitrogens is 1. The minimum absolute atomic E-state index is 0.139. The van der Waals surface area contributed by atoms with E-state index in [1.807, 2.05) is 61.9 Å². The molecule has 5 heteroatoms. The van der Waals surface area contributed by atoms with Crippen molar-refractivity contribution in [2.24, 2.45) is 12.0 Å². The SMILES string of the molecule is Cc1ccc(CC(=O)N=c2sc3cc(Cl)cc(C)c3n2C)cc1. The minimum Gasteiger partial charge on any atom is -0.319 e. The third-order valence-electron chi connectivity index (χ3n) is 3.75. The highest BCUT2D eigenvalue weighted by Gasteiger charge is 2.09. The van der Waals surface area contributed by atoms with Crippen molar-refractivity contribution in [2.75, 3.05) is 0 Å². The Bertz CT molecular complexity index is 952. The molecule has 1 aromatic heterocycles. The van der Waals surface area contributed by atoms with Crippen molar-refractivity contribution in [1.82, 2.24) is 4.57 Å². The van der Waals surface area contributed by atoms with Gasteiger partial charge in [0.15, 0.2) is 4.80 Å². The number of rotatable bonds is 2. The predicted molar refractivity (Wildman–Crippen MR) is 96.0 cm³/mol. The van der Waals surface area contributed by atoms with Gasteiger partial charge in [-0.05, 0) is 37.1 Å². The van der Waals surface area contributed by atoms with E-state index in [-0.39, 0.29) is 5.91 Å². The van der Waals surface area contributed by atoms with Gasteiger partial charge in [0.05, 0.1) is 16.6 Å². The average molecular weight is 345 g/mol. The second-order valence-corrected chi connectivity index (χ2v) is 7.13. The lowest BCUT2D eigenvalue weighted by Gasteiger charge is -2.01. The zero-order valence-electron chi connectivity index (χ0n) is 13.3. The molecule has 0 aliphatic rings. The highest BCUT2D eigenvalue weighted by Crippen LogP contribution is 2.25. The van der Waals surface area contributed by atoms with Crippen LogP contribution in [0.1, 0.15) is 16.7 Å². The maximum absolute atomic E-state index is 12.2. The number of nitrogens with zero attached hydrogens (tertiary/aromatic N) is 2. The number of fused-ring (bicyclic) bond motifs is 1. The number of carbonyl (C=O) groups is 1. The Balaban J connectivity index is 1.97. The van der Waals surface area contributed by atoms with E-state index in [1.54, 1.807) is 0 Å². The van der Waals surface area contributed by atoms with Gasteiger partial charge in [0.2, 0.25) is 0 Å². The van der Waals surface area contributed by atoms with Gasteiger partial charge in [-0.1, -0.05) is 52.8 Å². The highest BCUT2D eigenvalue weighted by atomic mass is 35.5. The standard InChI is InChI=1S/C18H17ClN2OS/c1-11-4-6-13(7-5-11)9-16(22)20-18-21(3)17-12(2)8-14(19)10-15(17)23-18/h4-8,10H,9H2,1-3H3. The molecule has 0 atom stereocenters. The topological polar surface area (TPSA) is 34.4 Å². The fourth-order valence-corrected chi connectivity index (χ4v) is 4.09. The summed E-state index contributed by atoms with van der Waals surface area (Å²) in [6.45, 7) is 4.04. The molecule has 0 spiro atoms. The Hall–Kier alpha value is -1.91. The molecule has 23 heavy (non-hydrogen) atoms. The Morgan fingerprint density at radius 1 is 1.22 bits per heavy atom. The van der Waals surface area contributed by atoms with Crippen LogP contribution in [-0.4, -0.2) is 10.5 Å². The van der Waals surface area contributed by atoms with E-state index >= 15 is 0 Å². The summed E-state index contributed by atoms with van der Waals surface area (Å²) >= 11 is 7.60. The Morgan fingerprint density at radius 2 is 1.91 bits per heavy atom. The quantitative estimate of drug-likeness (QED) is 0.686. The number of thiazole rings is 1. The molecular weight excluding hydrogens is 328 g/mol. The second-order valence-electron chi connectivity index (χ2n) is 5.68. The molecular formula is C18H17ClN2OS. The fourth-order valence-electron chi connectivity index (χ4n) is 2.60. The molecule has 3 rings (SSSR count). The van der Waals surface area contributed by atoms with E-state index in [0.29, 0.717) is 16.2 Å². The van der Waals surface area contributed by atoms with Gasteiger partial charge in [0.1, 0.15) is 0 Å². The van der Waals surface area contributed by atoms with E-state index in [9.17, 15) is 4.79 Å². The van der Waals surface area contributed by atoms with Crippen molar-refractivity contribution in [3.05, 3.63) is 62.9 Å². The monoisotopic (exact) mass is 344 g/mol. The zero-order chi connectivity index (χ0) is 16.6. The summed E-state index contributed by atoms with van der Waals surface area (Å²) in [5.74, 6) is -0.139. The third kappa shape index (κ3) is 3.38. The molecule has 0 aliphatic carbocycles. The molecule has 118 valence electrons. The van der Waals surface area contributed by atoms with E-state index in [1.165, 1.54) is 16.9 Å². The van der Waals surface area contributed by atoms with Crippen molar-refractivity contribution < 1.29 is 4.79 Å². The van der Waals surface area contributed by atoms with Gasteiger partial charge in [-0.2, -0.15) is 4.99 Å². The van der Waals surface area contributed by atoms with Gasteiger partial charge >= 0.3 is 0 Å². The number of benzene rings is 2. The van der Waals surface area contributed by atoms with Crippen LogP contribution in [0.2, 0.25) is 5.02 Å². The molecule has 0 N–H and O–H groups in total. The summed E-state index contributed by atoms with van der Waals surface area (Å²) in [4.78, 5) is 17.2. The molecule has 3 nitrogen and oxygen atoms in total. The predicted octanol–water partition coefficient (Wildman–Crippen LogP) is 4.18. The second kappa shape index (κ2) is 6.30. The van der Waals surface area contributed by atoms with Crippen molar-refractivity contribution in [1.29, 1.82) is 0 Å². The van der Waals surface area contributed by atoms with Crippen LogP contribution in [0.15, 0.2) is 41.4 Å². The van der Waals surface area contributed by atoms with Crippen LogP contribution in [-0.2, 0) is 18.3 Å². The van der Waals surface area contributed by atoms with Crippen LogP contribution in [0.4, 0.5) is 0 Å². The Morgan fingerprint density at radius 3 is 2.61 bits per heavy atom. The molecule has 0 saturated heterocycles. The van der Waals surface area contributed by atoms with E-state index in [0.717, 1.165) is 21.3 Å². The van der Waals surface area contributed by atoms with Gasteiger partial charge in [-0.15, -0.1) is 0 Å². The smallest absolute Gasteiger partial charge is 0.252 e. The van der Waals surface area contributed by atoms with Gasteiger partial charge < -0.3 is 4.57 Å². The van der Waals surface area contributed by atoms with Crippen LogP contribution in [0.25, 0.3) is 10.2 Å². The number of halogens is 1. The molecule has 0 fully saturated rings. The molecule has 0 saturated carbocycles. The first-order valence-electron chi connectivity index (χ1n) is 7.33. The first kappa shape index (κ1) is 16.0. The summed E-state index contributed by atoms with van der Waals surface area (Å²) in [6.07, 6.45) is 0.314. The van der Waals surface area contributed by atoms with Crippen LogP contribution in [0.3, 0.4) is 0 Å². The Labute approximate surface area is 143 Å². The zero-order valence-corrected chi connectivity index (χ0v) is 14.8. The third-order valence-corrected chi connectivity index (χ3v) is 5.05. The number of hydrogen-bond acceptors (Lipinski definition) is 2. The lowest BCUT2D eigenvalue weighted by molar-refractivity contribution is -0.117. The lowest BCUT2D eigenvalue weighted by Crippen LogP contribution is -2.14. The van der Waals surface area contributed by atoms with Crippen LogP contribution in [0, 0.1) is 13.8 Å². The molecule has 1 heterocycles. The van der Waals surface area contributed by atoms with Gasteiger partial charge in [0.25, 0.3) is 5.91 Å². The Kier molecular flexibility index (Phi) is 4.37. The maximum Gasteiger partial charge on any atom is 0.252 e. The largest absolute Gasteiger partial charge is 0.319 e. The number of aryl methyl sites for hydroxylation is 3. The molecule has 0 unspecified atom stereocenters. The number of hydrogen-bond donors (Lipinski definition) is 0. The number of amides is 1. The molecule has 0 bridgehead atoms. The van der Waals surface area contributed by atoms with Crippen molar-refractivity contribution in [3.8, 4) is 0 Å². The van der Waals surface area contributed by atoms with Crippen LogP contribution >= 0.6 is 22.9 Å². The maximum atomic E-state index is 12.2.